The SMILES string of the molecule is O=C(Nc1c(-c2ccc(F)cc2)nc2sccn12)c1ccc(F)c(F)c1. The van der Waals surface area contributed by atoms with Crippen LogP contribution in [0.4, 0.5) is 19.0 Å². The molecule has 26 heavy (non-hydrogen) atoms. The number of nitrogens with zero attached hydrogens (tertiary/aromatic N) is 2. The van der Waals surface area contributed by atoms with E-state index in [1.165, 1.54) is 29.5 Å². The molecular weight excluding hydrogens is 363 g/mol. The van der Waals surface area contributed by atoms with Crippen LogP contribution in [0.25, 0.3) is 16.2 Å². The minimum absolute atomic E-state index is 0.0286. The van der Waals surface area contributed by atoms with Crippen molar-refractivity contribution in [3.05, 3.63) is 77.1 Å². The number of thiazole rings is 1. The molecule has 0 aliphatic rings. The van der Waals surface area contributed by atoms with E-state index in [0.717, 1.165) is 12.1 Å². The van der Waals surface area contributed by atoms with E-state index in [9.17, 15) is 18.0 Å². The maximum atomic E-state index is 13.4. The molecule has 0 aliphatic heterocycles. The monoisotopic (exact) mass is 373 g/mol. The van der Waals surface area contributed by atoms with Gasteiger partial charge < -0.3 is 5.32 Å². The standard InChI is InChI=1S/C18H10F3N3OS/c19-12-4-1-10(2-5-12)15-16(24-7-8-26-18(24)22-15)23-17(25)11-3-6-13(20)14(21)9-11/h1-9H,(H,23,25). The largest absolute Gasteiger partial charge is 0.306 e. The third-order valence-electron chi connectivity index (χ3n) is 3.79. The fraction of sp³-hybridized carbons (Fsp3) is 0. The Hall–Kier alpha value is -3.13. The van der Waals surface area contributed by atoms with Crippen molar-refractivity contribution >= 4 is 28.0 Å². The predicted octanol–water partition coefficient (Wildman–Crippen LogP) is 4.73. The maximum Gasteiger partial charge on any atom is 0.256 e. The van der Waals surface area contributed by atoms with E-state index in [1.807, 2.05) is 0 Å². The van der Waals surface area contributed by atoms with E-state index in [-0.39, 0.29) is 11.4 Å². The van der Waals surface area contributed by atoms with Gasteiger partial charge in [-0.3, -0.25) is 9.20 Å². The lowest BCUT2D eigenvalue weighted by Gasteiger charge is -2.07. The van der Waals surface area contributed by atoms with Gasteiger partial charge >= 0.3 is 0 Å². The van der Waals surface area contributed by atoms with Crippen molar-refractivity contribution in [3.8, 4) is 11.3 Å². The third kappa shape index (κ3) is 2.84. The van der Waals surface area contributed by atoms with Crippen molar-refractivity contribution in [2.45, 2.75) is 0 Å². The van der Waals surface area contributed by atoms with E-state index in [2.05, 4.69) is 10.3 Å². The molecule has 2 aromatic carbocycles. The van der Waals surface area contributed by atoms with Crippen LogP contribution in [-0.2, 0) is 0 Å². The van der Waals surface area contributed by atoms with E-state index in [0.29, 0.717) is 22.0 Å². The number of fused-ring (bicyclic) bond motifs is 1. The van der Waals surface area contributed by atoms with Gasteiger partial charge in [0.15, 0.2) is 16.6 Å². The van der Waals surface area contributed by atoms with E-state index in [4.69, 9.17) is 0 Å². The minimum atomic E-state index is -1.11. The number of aromatic nitrogens is 2. The molecule has 0 saturated carbocycles. The smallest absolute Gasteiger partial charge is 0.256 e. The first kappa shape index (κ1) is 16.3. The summed E-state index contributed by atoms with van der Waals surface area (Å²) in [6.45, 7) is 0. The lowest BCUT2D eigenvalue weighted by molar-refractivity contribution is 0.102. The fourth-order valence-electron chi connectivity index (χ4n) is 2.53. The van der Waals surface area contributed by atoms with Crippen molar-refractivity contribution < 1.29 is 18.0 Å². The Kier molecular flexibility index (Phi) is 3.96. The second-order valence-corrected chi connectivity index (χ2v) is 6.33. The van der Waals surface area contributed by atoms with Crippen molar-refractivity contribution in [3.63, 3.8) is 0 Å². The molecule has 2 heterocycles. The van der Waals surface area contributed by atoms with Crippen LogP contribution in [0.1, 0.15) is 10.4 Å². The molecule has 0 saturated heterocycles. The van der Waals surface area contributed by atoms with Gasteiger partial charge in [-0.1, -0.05) is 0 Å². The van der Waals surface area contributed by atoms with Crippen LogP contribution < -0.4 is 5.32 Å². The normalized spacial score (nSPS) is 11.0. The van der Waals surface area contributed by atoms with Gasteiger partial charge in [-0.15, -0.1) is 11.3 Å². The Morgan fingerprint density at radius 2 is 1.81 bits per heavy atom. The number of carbonyl (C=O) groups is 1. The molecule has 4 rings (SSSR count). The summed E-state index contributed by atoms with van der Waals surface area (Å²) in [6.07, 6.45) is 1.72. The highest BCUT2D eigenvalue weighted by Crippen LogP contribution is 2.31. The Morgan fingerprint density at radius 1 is 1.04 bits per heavy atom. The van der Waals surface area contributed by atoms with Gasteiger partial charge in [-0.25, -0.2) is 18.2 Å². The van der Waals surface area contributed by atoms with Crippen molar-refractivity contribution in [2.24, 2.45) is 0 Å². The molecule has 0 radical (unpaired) electrons. The van der Waals surface area contributed by atoms with Gasteiger partial charge in [0, 0.05) is 22.7 Å². The molecule has 0 fully saturated rings. The first-order chi connectivity index (χ1) is 12.5. The van der Waals surface area contributed by atoms with E-state index in [1.54, 1.807) is 28.1 Å². The predicted molar refractivity (Wildman–Crippen MR) is 92.8 cm³/mol. The second-order valence-electron chi connectivity index (χ2n) is 5.45. The molecular formula is C18H10F3N3OS. The van der Waals surface area contributed by atoms with Crippen LogP contribution in [0.15, 0.2) is 54.0 Å². The highest BCUT2D eigenvalue weighted by molar-refractivity contribution is 7.15. The average molecular weight is 373 g/mol. The molecule has 2 aromatic heterocycles. The van der Waals surface area contributed by atoms with Crippen LogP contribution in [0.3, 0.4) is 0 Å². The van der Waals surface area contributed by atoms with Gasteiger partial charge in [0.2, 0.25) is 0 Å². The van der Waals surface area contributed by atoms with Crippen molar-refractivity contribution in [1.29, 1.82) is 0 Å². The number of hydrogen-bond acceptors (Lipinski definition) is 3. The van der Waals surface area contributed by atoms with Gasteiger partial charge in [0.05, 0.1) is 0 Å². The van der Waals surface area contributed by atoms with Gasteiger partial charge in [-0.05, 0) is 42.5 Å². The van der Waals surface area contributed by atoms with Crippen LogP contribution >= 0.6 is 11.3 Å². The number of rotatable bonds is 3. The number of halogens is 3. The zero-order chi connectivity index (χ0) is 18.3. The first-order valence-electron chi connectivity index (χ1n) is 7.51. The fourth-order valence-corrected chi connectivity index (χ4v) is 3.25. The number of imidazole rings is 1. The summed E-state index contributed by atoms with van der Waals surface area (Å²) in [7, 11) is 0. The molecule has 0 spiro atoms. The lowest BCUT2D eigenvalue weighted by atomic mass is 10.1. The summed E-state index contributed by atoms with van der Waals surface area (Å²) in [4.78, 5) is 17.6. The first-order valence-corrected chi connectivity index (χ1v) is 8.39. The van der Waals surface area contributed by atoms with Crippen LogP contribution in [0.2, 0.25) is 0 Å². The van der Waals surface area contributed by atoms with Crippen molar-refractivity contribution in [2.75, 3.05) is 5.32 Å². The van der Waals surface area contributed by atoms with Gasteiger partial charge in [0.1, 0.15) is 17.3 Å². The minimum Gasteiger partial charge on any atom is -0.306 e. The highest BCUT2D eigenvalue weighted by Gasteiger charge is 2.19. The zero-order valence-electron chi connectivity index (χ0n) is 13.0. The second kappa shape index (κ2) is 6.30. The summed E-state index contributed by atoms with van der Waals surface area (Å²) >= 11 is 1.36. The van der Waals surface area contributed by atoms with Crippen LogP contribution in [0, 0.1) is 17.5 Å². The molecule has 0 unspecified atom stereocenters. The summed E-state index contributed by atoms with van der Waals surface area (Å²) in [5.74, 6) is -2.77. The number of benzene rings is 2. The number of nitrogens with one attached hydrogen (secondary N) is 1. The van der Waals surface area contributed by atoms with E-state index < -0.39 is 17.5 Å². The molecule has 1 N–H and O–H groups in total. The van der Waals surface area contributed by atoms with Gasteiger partial charge in [0.25, 0.3) is 5.91 Å². The number of amides is 1. The molecule has 130 valence electrons. The number of anilines is 1. The maximum absolute atomic E-state index is 13.4. The molecule has 4 aromatic rings. The van der Waals surface area contributed by atoms with Crippen molar-refractivity contribution in [1.82, 2.24) is 9.38 Å². The van der Waals surface area contributed by atoms with Crippen LogP contribution in [-0.4, -0.2) is 15.3 Å². The topological polar surface area (TPSA) is 46.4 Å². The molecule has 4 nitrogen and oxygen atoms in total. The van der Waals surface area contributed by atoms with Gasteiger partial charge in [-0.2, -0.15) is 0 Å². The molecule has 0 atom stereocenters. The number of carbonyl (C=O) groups excluding carboxylic acids is 1. The summed E-state index contributed by atoms with van der Waals surface area (Å²) in [5, 5.41) is 4.48. The summed E-state index contributed by atoms with van der Waals surface area (Å²) in [5.41, 5.74) is 1.04. The van der Waals surface area contributed by atoms with Crippen LogP contribution in [0.5, 0.6) is 0 Å². The molecule has 1 amide bonds. The number of hydrogen-bond donors (Lipinski definition) is 1. The molecule has 8 heteroatoms. The Balaban J connectivity index is 1.76. The Morgan fingerprint density at radius 3 is 2.54 bits per heavy atom. The zero-order valence-corrected chi connectivity index (χ0v) is 13.9. The van der Waals surface area contributed by atoms with E-state index >= 15 is 0 Å². The third-order valence-corrected chi connectivity index (χ3v) is 4.55. The highest BCUT2D eigenvalue weighted by atomic mass is 32.1. The average Bonchev–Trinajstić information content (AvgIpc) is 3.21. The summed E-state index contributed by atoms with van der Waals surface area (Å²) in [6, 6.07) is 8.60. The Labute approximate surface area is 149 Å². The lowest BCUT2D eigenvalue weighted by Crippen LogP contribution is -2.14. The molecule has 0 aliphatic carbocycles. The molecule has 0 bridgehead atoms. The Bertz CT molecular complexity index is 1120. The quantitative estimate of drug-likeness (QED) is 0.564. The summed E-state index contributed by atoms with van der Waals surface area (Å²) < 4.78 is 41.3.